The molecule has 2 aliphatic heterocycles. The normalized spacial score (nSPS) is 18.2. The number of carbonyl (C=O) groups excluding carboxylic acids is 1. The van der Waals surface area contributed by atoms with Crippen LogP contribution in [0, 0.1) is 5.92 Å². The van der Waals surface area contributed by atoms with Crippen LogP contribution in [0.1, 0.15) is 26.3 Å². The predicted molar refractivity (Wildman–Crippen MR) is 148 cm³/mol. The Balaban J connectivity index is 1.39. The molecule has 1 aromatic heterocycles. The molecular formula is C27H33N5O4S2. The van der Waals surface area contributed by atoms with Gasteiger partial charge in [-0.05, 0) is 43.0 Å². The first-order valence-electron chi connectivity index (χ1n) is 12.9. The van der Waals surface area contributed by atoms with E-state index in [4.69, 9.17) is 4.74 Å². The summed E-state index contributed by atoms with van der Waals surface area (Å²) in [5, 5.41) is 9.50. The molecule has 0 saturated carbocycles. The van der Waals surface area contributed by atoms with Gasteiger partial charge in [-0.2, -0.15) is 4.31 Å². The van der Waals surface area contributed by atoms with Gasteiger partial charge < -0.3 is 14.2 Å². The standard InChI is InChI=1S/C27H33N5O4S2/c1-19(2)17-31-26(22-8-6-9-23(16-22)38(34,35)30-11-13-36-14-12-30)28-29-27(31)37-18-25(33)32-20(3)15-21-7-4-5-10-24(21)32/h4-10,16,19-20H,11-15,17-18H2,1-3H3/t20-/m0/s1. The van der Waals surface area contributed by atoms with Crippen LogP contribution in [-0.4, -0.2) is 71.5 Å². The largest absolute Gasteiger partial charge is 0.379 e. The quantitative estimate of drug-likeness (QED) is 0.391. The molecular weight excluding hydrogens is 522 g/mol. The van der Waals surface area contributed by atoms with E-state index in [1.807, 2.05) is 33.7 Å². The number of benzene rings is 2. The lowest BCUT2D eigenvalue weighted by atomic mass is 10.1. The van der Waals surface area contributed by atoms with Crippen molar-refractivity contribution < 1.29 is 17.9 Å². The third kappa shape index (κ3) is 5.38. The molecule has 3 heterocycles. The Bertz CT molecular complexity index is 1420. The zero-order valence-corrected chi connectivity index (χ0v) is 23.5. The van der Waals surface area contributed by atoms with Crippen LogP contribution in [-0.2, 0) is 32.5 Å². The minimum Gasteiger partial charge on any atom is -0.379 e. The first-order chi connectivity index (χ1) is 18.3. The van der Waals surface area contributed by atoms with Crippen LogP contribution >= 0.6 is 11.8 Å². The minimum absolute atomic E-state index is 0.0340. The van der Waals surface area contributed by atoms with Gasteiger partial charge in [-0.15, -0.1) is 10.2 Å². The fraction of sp³-hybridized carbons (Fsp3) is 0.444. The number of fused-ring (bicyclic) bond motifs is 1. The molecule has 0 bridgehead atoms. The highest BCUT2D eigenvalue weighted by Gasteiger charge is 2.31. The van der Waals surface area contributed by atoms with Crippen LogP contribution in [0.15, 0.2) is 58.6 Å². The van der Waals surface area contributed by atoms with Crippen molar-refractivity contribution >= 4 is 33.4 Å². The number of hydrogen-bond acceptors (Lipinski definition) is 7. The van der Waals surface area contributed by atoms with Crippen LogP contribution in [0.3, 0.4) is 0 Å². The molecule has 0 radical (unpaired) electrons. The zero-order valence-electron chi connectivity index (χ0n) is 21.9. The molecule has 11 heteroatoms. The average Bonchev–Trinajstić information content (AvgIpc) is 3.47. The van der Waals surface area contributed by atoms with E-state index < -0.39 is 10.0 Å². The number of thioether (sulfide) groups is 1. The lowest BCUT2D eigenvalue weighted by molar-refractivity contribution is -0.116. The van der Waals surface area contributed by atoms with E-state index in [1.165, 1.54) is 21.6 Å². The second-order valence-corrected chi connectivity index (χ2v) is 13.0. The molecule has 3 aromatic rings. The molecule has 0 N–H and O–H groups in total. The van der Waals surface area contributed by atoms with E-state index >= 15 is 0 Å². The van der Waals surface area contributed by atoms with Crippen molar-refractivity contribution in [3.05, 3.63) is 54.1 Å². The molecule has 1 amide bonds. The zero-order chi connectivity index (χ0) is 26.9. The third-order valence-electron chi connectivity index (χ3n) is 6.77. The summed E-state index contributed by atoms with van der Waals surface area (Å²) >= 11 is 1.37. The van der Waals surface area contributed by atoms with Gasteiger partial charge in [-0.1, -0.05) is 55.9 Å². The summed E-state index contributed by atoms with van der Waals surface area (Å²) < 4.78 is 35.2. The van der Waals surface area contributed by atoms with Gasteiger partial charge in [0.05, 0.1) is 23.9 Å². The summed E-state index contributed by atoms with van der Waals surface area (Å²) in [6.07, 6.45) is 0.851. The number of ether oxygens (including phenoxy) is 1. The van der Waals surface area contributed by atoms with Crippen molar-refractivity contribution in [2.24, 2.45) is 5.92 Å². The molecule has 38 heavy (non-hydrogen) atoms. The number of para-hydroxylation sites is 1. The van der Waals surface area contributed by atoms with Crippen LogP contribution in [0.2, 0.25) is 0 Å². The number of nitrogens with zero attached hydrogens (tertiary/aromatic N) is 5. The first-order valence-corrected chi connectivity index (χ1v) is 15.3. The van der Waals surface area contributed by atoms with E-state index in [9.17, 15) is 13.2 Å². The highest BCUT2D eigenvalue weighted by Crippen LogP contribution is 2.33. The summed E-state index contributed by atoms with van der Waals surface area (Å²) in [5.41, 5.74) is 2.84. The van der Waals surface area contributed by atoms with Gasteiger partial charge in [0.15, 0.2) is 11.0 Å². The Morgan fingerprint density at radius 1 is 1.11 bits per heavy atom. The highest BCUT2D eigenvalue weighted by atomic mass is 32.2. The molecule has 0 aliphatic carbocycles. The van der Waals surface area contributed by atoms with Gasteiger partial charge in [-0.3, -0.25) is 4.79 Å². The fourth-order valence-corrected chi connectivity index (χ4v) is 7.27. The SMILES string of the molecule is CC(C)Cn1c(SCC(=O)N2c3ccccc3C[C@@H]2C)nnc1-c1cccc(S(=O)(=O)N2CCOCC2)c1. The minimum atomic E-state index is -3.64. The maximum atomic E-state index is 13.3. The Morgan fingerprint density at radius 3 is 2.63 bits per heavy atom. The van der Waals surface area contributed by atoms with Crippen LogP contribution in [0.25, 0.3) is 11.4 Å². The summed E-state index contributed by atoms with van der Waals surface area (Å²) in [6.45, 7) is 8.38. The molecule has 2 aliphatic rings. The highest BCUT2D eigenvalue weighted by molar-refractivity contribution is 7.99. The number of aromatic nitrogens is 3. The summed E-state index contributed by atoms with van der Waals surface area (Å²) in [4.78, 5) is 15.4. The van der Waals surface area contributed by atoms with E-state index in [1.54, 1.807) is 18.2 Å². The second kappa shape index (κ2) is 11.2. The Morgan fingerprint density at radius 2 is 1.87 bits per heavy atom. The topological polar surface area (TPSA) is 97.6 Å². The predicted octanol–water partition coefficient (Wildman–Crippen LogP) is 3.69. The van der Waals surface area contributed by atoms with Gasteiger partial charge >= 0.3 is 0 Å². The average molecular weight is 556 g/mol. The summed E-state index contributed by atoms with van der Waals surface area (Å²) in [5.74, 6) is 1.16. The molecule has 0 spiro atoms. The lowest BCUT2D eigenvalue weighted by Gasteiger charge is -2.26. The molecule has 0 unspecified atom stereocenters. The Hall–Kier alpha value is -2.73. The molecule has 1 fully saturated rings. The van der Waals surface area contributed by atoms with Gasteiger partial charge in [0.1, 0.15) is 0 Å². The number of anilines is 1. The Labute approximate surface area is 228 Å². The van der Waals surface area contributed by atoms with E-state index in [0.29, 0.717) is 55.3 Å². The number of amides is 1. The van der Waals surface area contributed by atoms with Gasteiger partial charge in [0, 0.05) is 36.9 Å². The Kier molecular flexibility index (Phi) is 7.90. The molecule has 202 valence electrons. The van der Waals surface area contributed by atoms with Crippen molar-refractivity contribution in [1.29, 1.82) is 0 Å². The number of hydrogen-bond donors (Lipinski definition) is 0. The molecule has 9 nitrogen and oxygen atoms in total. The summed E-state index contributed by atoms with van der Waals surface area (Å²) in [6, 6.07) is 15.0. The molecule has 2 aromatic carbocycles. The van der Waals surface area contributed by atoms with Crippen LogP contribution in [0.4, 0.5) is 5.69 Å². The van der Waals surface area contributed by atoms with Crippen molar-refractivity contribution in [2.45, 2.75) is 49.8 Å². The van der Waals surface area contributed by atoms with Gasteiger partial charge in [-0.25, -0.2) is 8.42 Å². The lowest BCUT2D eigenvalue weighted by Crippen LogP contribution is -2.40. The maximum absolute atomic E-state index is 13.3. The van der Waals surface area contributed by atoms with Crippen molar-refractivity contribution in [2.75, 3.05) is 37.0 Å². The maximum Gasteiger partial charge on any atom is 0.243 e. The second-order valence-electron chi connectivity index (χ2n) is 10.1. The van der Waals surface area contributed by atoms with Crippen LogP contribution < -0.4 is 4.90 Å². The fourth-order valence-electron chi connectivity index (χ4n) is 5.01. The first kappa shape index (κ1) is 26.9. The number of sulfonamides is 1. The van der Waals surface area contributed by atoms with Gasteiger partial charge in [0.25, 0.3) is 0 Å². The van der Waals surface area contributed by atoms with Gasteiger partial charge in [0.2, 0.25) is 15.9 Å². The number of carbonyl (C=O) groups is 1. The monoisotopic (exact) mass is 555 g/mol. The third-order valence-corrected chi connectivity index (χ3v) is 9.61. The van der Waals surface area contributed by atoms with E-state index in [-0.39, 0.29) is 22.6 Å². The van der Waals surface area contributed by atoms with Crippen molar-refractivity contribution in [1.82, 2.24) is 19.1 Å². The smallest absolute Gasteiger partial charge is 0.243 e. The summed E-state index contributed by atoms with van der Waals surface area (Å²) in [7, 11) is -3.64. The van der Waals surface area contributed by atoms with E-state index in [0.717, 1.165) is 12.1 Å². The van der Waals surface area contributed by atoms with Crippen molar-refractivity contribution in [3.63, 3.8) is 0 Å². The molecule has 1 atom stereocenters. The van der Waals surface area contributed by atoms with Crippen molar-refractivity contribution in [3.8, 4) is 11.4 Å². The number of morpholine rings is 1. The molecule has 5 rings (SSSR count). The van der Waals surface area contributed by atoms with E-state index in [2.05, 4.69) is 37.0 Å². The van der Waals surface area contributed by atoms with Crippen LogP contribution in [0.5, 0.6) is 0 Å². The molecule has 1 saturated heterocycles. The number of rotatable bonds is 8.